The Labute approximate surface area is 276 Å². The number of aromatic nitrogens is 4. The maximum atomic E-state index is 14.1. The van der Waals surface area contributed by atoms with Crippen LogP contribution >= 0.6 is 11.3 Å². The summed E-state index contributed by atoms with van der Waals surface area (Å²) in [5.74, 6) is -0.389. The van der Waals surface area contributed by atoms with Crippen molar-refractivity contribution in [3.63, 3.8) is 0 Å². The second-order valence-electron chi connectivity index (χ2n) is 12.9. The minimum atomic E-state index is -1.12. The van der Waals surface area contributed by atoms with Crippen LogP contribution in [0.1, 0.15) is 46.1 Å². The molecule has 0 unspecified atom stereocenters. The molecule has 0 bridgehead atoms. The number of hydrogen-bond donors (Lipinski definition) is 1. The van der Waals surface area contributed by atoms with Crippen LogP contribution in [0.2, 0.25) is 0 Å². The molecule has 2 aliphatic heterocycles. The summed E-state index contributed by atoms with van der Waals surface area (Å²) in [5, 5.41) is 12.0. The standard InChI is InChI=1S/C36H38N6O4S/c1-24-8-9-26(20-37-24)30-10-11-31(47-30)35(45)41-17-13-27(29(21-41)25-6-4-3-5-7-25)33(43)40-18-14-36(46,15-19-40)22-42-23-38-32-28(34(42)44)12-16-39(32)2/h3-12,16,20,23,27,29,46H,13-15,17-19,21-22H2,1-2H3/t27-,29+/m1/s1. The Bertz CT molecular complexity index is 1970. The third-order valence-corrected chi connectivity index (χ3v) is 10.9. The Balaban J connectivity index is 1.04. The lowest BCUT2D eigenvalue weighted by Gasteiger charge is -2.43. The molecule has 2 saturated heterocycles. The molecule has 0 spiro atoms. The van der Waals surface area contributed by atoms with Crippen molar-refractivity contribution in [1.29, 1.82) is 0 Å². The number of thiophene rings is 1. The number of amides is 2. The SMILES string of the molecule is Cc1ccc(-c2ccc(C(=O)N3CC[C@@H](C(=O)N4CCC(O)(Cn5cnc6c(ccn6C)c5=O)CC4)[C@H](c4ccccc4)C3)s2)cn1. The second-order valence-corrected chi connectivity index (χ2v) is 14.0. The van der Waals surface area contributed by atoms with Crippen LogP contribution in [0.25, 0.3) is 21.5 Å². The van der Waals surface area contributed by atoms with Gasteiger partial charge in [0.25, 0.3) is 11.5 Å². The zero-order valence-corrected chi connectivity index (χ0v) is 27.4. The van der Waals surface area contributed by atoms with Gasteiger partial charge in [-0.2, -0.15) is 0 Å². The van der Waals surface area contributed by atoms with E-state index in [-0.39, 0.29) is 35.8 Å². The van der Waals surface area contributed by atoms with Crippen molar-refractivity contribution < 1.29 is 14.7 Å². The van der Waals surface area contributed by atoms with Gasteiger partial charge < -0.3 is 19.5 Å². The van der Waals surface area contributed by atoms with Gasteiger partial charge in [0.15, 0.2) is 0 Å². The van der Waals surface area contributed by atoms with Gasteiger partial charge in [0.05, 0.1) is 22.4 Å². The number of pyridine rings is 1. The largest absolute Gasteiger partial charge is 0.388 e. The summed E-state index contributed by atoms with van der Waals surface area (Å²) in [7, 11) is 1.84. The number of nitrogens with zero attached hydrogens (tertiary/aromatic N) is 6. The smallest absolute Gasteiger partial charge is 0.263 e. The summed E-state index contributed by atoms with van der Waals surface area (Å²) >= 11 is 1.47. The van der Waals surface area contributed by atoms with E-state index in [2.05, 4.69) is 9.97 Å². The highest BCUT2D eigenvalue weighted by molar-refractivity contribution is 7.17. The summed E-state index contributed by atoms with van der Waals surface area (Å²) in [6.07, 6.45) is 6.42. The lowest BCUT2D eigenvalue weighted by Crippen LogP contribution is -2.53. The first-order valence-electron chi connectivity index (χ1n) is 16.1. The van der Waals surface area contributed by atoms with Crippen LogP contribution in [0.5, 0.6) is 0 Å². The van der Waals surface area contributed by atoms with Crippen LogP contribution in [-0.2, 0) is 18.4 Å². The second kappa shape index (κ2) is 12.5. The van der Waals surface area contributed by atoms with Crippen molar-refractivity contribution in [1.82, 2.24) is 28.9 Å². The molecule has 5 aromatic rings. The monoisotopic (exact) mass is 650 g/mol. The zero-order chi connectivity index (χ0) is 32.7. The number of likely N-dealkylation sites (tertiary alicyclic amines) is 2. The topological polar surface area (TPSA) is 114 Å². The van der Waals surface area contributed by atoms with Gasteiger partial charge in [-0.25, -0.2) is 4.98 Å². The van der Waals surface area contributed by atoms with E-state index in [4.69, 9.17) is 0 Å². The van der Waals surface area contributed by atoms with Gasteiger partial charge in [-0.15, -0.1) is 11.3 Å². The van der Waals surface area contributed by atoms with Gasteiger partial charge in [0.2, 0.25) is 5.91 Å². The van der Waals surface area contributed by atoms with Gasteiger partial charge in [-0.3, -0.25) is 23.9 Å². The molecule has 0 aliphatic carbocycles. The number of benzene rings is 1. The summed E-state index contributed by atoms with van der Waals surface area (Å²) in [6.45, 7) is 3.82. The Morgan fingerprint density at radius 1 is 0.979 bits per heavy atom. The summed E-state index contributed by atoms with van der Waals surface area (Å²) in [5.41, 5.74) is 2.28. The van der Waals surface area contributed by atoms with Crippen molar-refractivity contribution in [3.8, 4) is 10.4 Å². The fourth-order valence-corrected chi connectivity index (χ4v) is 7.96. The predicted molar refractivity (Wildman–Crippen MR) is 181 cm³/mol. The molecular weight excluding hydrogens is 613 g/mol. The third kappa shape index (κ3) is 6.13. The van der Waals surface area contributed by atoms with Crippen LogP contribution in [0.4, 0.5) is 0 Å². The average molecular weight is 651 g/mol. The maximum absolute atomic E-state index is 14.1. The Morgan fingerprint density at radius 2 is 1.77 bits per heavy atom. The maximum Gasteiger partial charge on any atom is 0.263 e. The fraction of sp³-hybridized carbons (Fsp3) is 0.361. The molecule has 2 amide bonds. The molecule has 6 heterocycles. The summed E-state index contributed by atoms with van der Waals surface area (Å²) < 4.78 is 3.28. The lowest BCUT2D eigenvalue weighted by atomic mass is 9.79. The molecule has 2 atom stereocenters. The highest BCUT2D eigenvalue weighted by Crippen LogP contribution is 2.37. The molecule has 4 aromatic heterocycles. The van der Waals surface area contributed by atoms with Crippen LogP contribution < -0.4 is 5.56 Å². The Kier molecular flexibility index (Phi) is 8.27. The molecular formula is C36H38N6O4S. The molecule has 2 aliphatic rings. The lowest BCUT2D eigenvalue weighted by molar-refractivity contribution is -0.142. The van der Waals surface area contributed by atoms with Gasteiger partial charge in [0.1, 0.15) is 12.0 Å². The number of hydrogen-bond acceptors (Lipinski definition) is 7. The van der Waals surface area contributed by atoms with E-state index in [9.17, 15) is 19.5 Å². The molecule has 10 nitrogen and oxygen atoms in total. The normalized spacial score (nSPS) is 19.6. The van der Waals surface area contributed by atoms with Crippen molar-refractivity contribution in [2.24, 2.45) is 13.0 Å². The van der Waals surface area contributed by atoms with E-state index in [0.29, 0.717) is 61.4 Å². The van der Waals surface area contributed by atoms with E-state index in [0.717, 1.165) is 21.7 Å². The number of piperidine rings is 2. The first-order chi connectivity index (χ1) is 22.7. The van der Waals surface area contributed by atoms with Gasteiger partial charge in [0, 0.05) is 73.6 Å². The van der Waals surface area contributed by atoms with Crippen LogP contribution in [0.15, 0.2) is 84.2 Å². The van der Waals surface area contributed by atoms with E-state index < -0.39 is 5.60 Å². The average Bonchev–Trinajstić information content (AvgIpc) is 3.74. The molecule has 2 fully saturated rings. The highest BCUT2D eigenvalue weighted by atomic mass is 32.1. The quantitative estimate of drug-likeness (QED) is 0.290. The van der Waals surface area contributed by atoms with Gasteiger partial charge in [-0.1, -0.05) is 36.4 Å². The van der Waals surface area contributed by atoms with E-state index >= 15 is 0 Å². The first-order valence-corrected chi connectivity index (χ1v) is 16.9. The molecule has 7 rings (SSSR count). The summed E-state index contributed by atoms with van der Waals surface area (Å²) in [6, 6.07) is 19.6. The van der Waals surface area contributed by atoms with Gasteiger partial charge >= 0.3 is 0 Å². The Hall–Kier alpha value is -4.61. The van der Waals surface area contributed by atoms with Crippen molar-refractivity contribution in [3.05, 3.63) is 106 Å². The number of carbonyl (C=O) groups is 2. The van der Waals surface area contributed by atoms with Crippen molar-refractivity contribution >= 4 is 34.2 Å². The van der Waals surface area contributed by atoms with Gasteiger partial charge in [-0.05, 0) is 56.0 Å². The molecule has 1 aromatic carbocycles. The Morgan fingerprint density at radius 3 is 2.51 bits per heavy atom. The van der Waals surface area contributed by atoms with Crippen LogP contribution in [-0.4, -0.2) is 77.6 Å². The molecule has 0 saturated carbocycles. The molecule has 1 N–H and O–H groups in total. The first kappa shape index (κ1) is 31.0. The molecule has 0 radical (unpaired) electrons. The van der Waals surface area contributed by atoms with Crippen LogP contribution in [0.3, 0.4) is 0 Å². The predicted octanol–water partition coefficient (Wildman–Crippen LogP) is 4.47. The number of aryl methyl sites for hydroxylation is 2. The van der Waals surface area contributed by atoms with E-state index in [1.54, 1.807) is 16.8 Å². The van der Waals surface area contributed by atoms with Crippen LogP contribution in [0, 0.1) is 12.8 Å². The zero-order valence-electron chi connectivity index (χ0n) is 26.6. The van der Waals surface area contributed by atoms with E-state index in [1.165, 1.54) is 22.2 Å². The fourth-order valence-electron chi connectivity index (χ4n) is 6.99. The minimum absolute atomic E-state index is 0.0189. The minimum Gasteiger partial charge on any atom is -0.388 e. The molecule has 11 heteroatoms. The third-order valence-electron chi connectivity index (χ3n) is 9.78. The number of fused-ring (bicyclic) bond motifs is 1. The number of rotatable bonds is 6. The number of aliphatic hydroxyl groups is 1. The molecule has 47 heavy (non-hydrogen) atoms. The highest BCUT2D eigenvalue weighted by Gasteiger charge is 2.42. The van der Waals surface area contributed by atoms with Crippen molar-refractivity contribution in [2.75, 3.05) is 26.2 Å². The summed E-state index contributed by atoms with van der Waals surface area (Å²) in [4.78, 5) is 55.1. The number of carbonyl (C=O) groups excluding carboxylic acids is 2. The van der Waals surface area contributed by atoms with E-state index in [1.807, 2.05) is 84.6 Å². The van der Waals surface area contributed by atoms with Crippen molar-refractivity contribution in [2.45, 2.75) is 44.2 Å². The molecule has 242 valence electrons.